The number of nitrogens with zero attached hydrogens (tertiary/aromatic N) is 1. The summed E-state index contributed by atoms with van der Waals surface area (Å²) in [7, 11) is 4.99. The first-order valence-corrected chi connectivity index (χ1v) is 12.0. The number of hydrogen-bond donors (Lipinski definition) is 2. The molecule has 0 radical (unpaired) electrons. The van der Waals surface area contributed by atoms with Gasteiger partial charge in [0.1, 0.15) is 6.61 Å². The van der Waals surface area contributed by atoms with Gasteiger partial charge in [0.05, 0.1) is 27.4 Å². The highest BCUT2D eigenvalue weighted by atomic mass is 16.5. The quantitative estimate of drug-likeness (QED) is 0.535. The van der Waals surface area contributed by atoms with E-state index in [4.69, 9.17) is 18.9 Å². The Kier molecular flexibility index (Phi) is 7.08. The topological polar surface area (TPSA) is 64.2 Å². The maximum absolute atomic E-state index is 6.21. The summed E-state index contributed by atoms with van der Waals surface area (Å²) >= 11 is 0. The fourth-order valence-corrected chi connectivity index (χ4v) is 5.08. The van der Waals surface area contributed by atoms with E-state index in [0.29, 0.717) is 24.0 Å². The van der Waals surface area contributed by atoms with E-state index in [0.717, 1.165) is 54.4 Å². The van der Waals surface area contributed by atoms with E-state index in [-0.39, 0.29) is 6.04 Å². The molecule has 2 aliphatic heterocycles. The molecule has 2 heterocycles. The summed E-state index contributed by atoms with van der Waals surface area (Å²) in [5, 5.41) is 0. The van der Waals surface area contributed by atoms with Crippen LogP contribution < -0.4 is 29.8 Å². The van der Waals surface area contributed by atoms with Crippen LogP contribution in [0.2, 0.25) is 0 Å². The number of fused-ring (bicyclic) bond motifs is 1. The Labute approximate surface area is 206 Å². The minimum absolute atomic E-state index is 0.285. The zero-order chi connectivity index (χ0) is 24.2. The zero-order valence-electron chi connectivity index (χ0n) is 20.5. The van der Waals surface area contributed by atoms with Gasteiger partial charge >= 0.3 is 0 Å². The number of nitrogens with one attached hydrogen (secondary N) is 2. The molecule has 0 spiro atoms. The Morgan fingerprint density at radius 3 is 2.43 bits per heavy atom. The Morgan fingerprint density at radius 1 is 0.886 bits per heavy atom. The zero-order valence-corrected chi connectivity index (χ0v) is 20.5. The van der Waals surface area contributed by atoms with Gasteiger partial charge in [-0.2, -0.15) is 0 Å². The maximum atomic E-state index is 6.21. The molecule has 3 aromatic carbocycles. The number of rotatable bonds is 7. The van der Waals surface area contributed by atoms with Crippen molar-refractivity contribution < 1.29 is 18.9 Å². The third-order valence-corrected chi connectivity index (χ3v) is 6.86. The second-order valence-corrected chi connectivity index (χ2v) is 8.99. The molecule has 2 unspecified atom stereocenters. The van der Waals surface area contributed by atoms with E-state index >= 15 is 0 Å². The van der Waals surface area contributed by atoms with Crippen LogP contribution in [0.3, 0.4) is 0 Å². The highest BCUT2D eigenvalue weighted by molar-refractivity contribution is 5.71. The van der Waals surface area contributed by atoms with Gasteiger partial charge in [0.25, 0.3) is 0 Å². The SMILES string of the molecule is COc1ccc(-c2cc3c(c(OC)c2)OCCN(CC2CNNC2c2ccccc2)C3)cc1OC. The van der Waals surface area contributed by atoms with Crippen LogP contribution in [0.1, 0.15) is 17.2 Å². The Hall–Kier alpha value is -3.26. The fourth-order valence-electron chi connectivity index (χ4n) is 5.08. The molecule has 2 N–H and O–H groups in total. The van der Waals surface area contributed by atoms with Crippen LogP contribution in [-0.2, 0) is 6.54 Å². The summed E-state index contributed by atoms with van der Waals surface area (Å²) < 4.78 is 22.9. The highest BCUT2D eigenvalue weighted by Gasteiger charge is 2.31. The summed E-state index contributed by atoms with van der Waals surface area (Å²) in [6, 6.07) is 21.1. The van der Waals surface area contributed by atoms with E-state index in [1.807, 2.05) is 24.3 Å². The van der Waals surface area contributed by atoms with E-state index in [2.05, 4.69) is 52.1 Å². The monoisotopic (exact) mass is 475 g/mol. The van der Waals surface area contributed by atoms with Crippen molar-refractivity contribution in [1.82, 2.24) is 15.8 Å². The van der Waals surface area contributed by atoms with Crippen molar-refractivity contribution in [2.75, 3.05) is 47.6 Å². The summed E-state index contributed by atoms with van der Waals surface area (Å²) in [6.45, 7) is 4.18. The van der Waals surface area contributed by atoms with Gasteiger partial charge in [-0.15, -0.1) is 0 Å². The molecule has 0 bridgehead atoms. The first kappa shape index (κ1) is 23.5. The lowest BCUT2D eigenvalue weighted by Crippen LogP contribution is -2.34. The third kappa shape index (κ3) is 4.93. The highest BCUT2D eigenvalue weighted by Crippen LogP contribution is 2.40. The van der Waals surface area contributed by atoms with E-state index in [9.17, 15) is 0 Å². The summed E-state index contributed by atoms with van der Waals surface area (Å²) in [4.78, 5) is 2.49. The summed E-state index contributed by atoms with van der Waals surface area (Å²) in [5.41, 5.74) is 11.4. The predicted octanol–water partition coefficient (Wildman–Crippen LogP) is 4.04. The van der Waals surface area contributed by atoms with Crippen LogP contribution in [-0.4, -0.2) is 52.5 Å². The van der Waals surface area contributed by atoms with Crippen molar-refractivity contribution in [1.29, 1.82) is 0 Å². The second-order valence-electron chi connectivity index (χ2n) is 8.99. The third-order valence-electron chi connectivity index (χ3n) is 6.86. The summed E-state index contributed by atoms with van der Waals surface area (Å²) in [6.07, 6.45) is 0. The molecule has 0 aromatic heterocycles. The lowest BCUT2D eigenvalue weighted by molar-refractivity contribution is 0.193. The molecular weight excluding hydrogens is 442 g/mol. The Morgan fingerprint density at radius 2 is 1.66 bits per heavy atom. The Bertz CT molecular complexity index is 1150. The van der Waals surface area contributed by atoms with Crippen LogP contribution in [0.4, 0.5) is 0 Å². The van der Waals surface area contributed by atoms with E-state index < -0.39 is 0 Å². The first-order chi connectivity index (χ1) is 17.2. The van der Waals surface area contributed by atoms with Gasteiger partial charge in [0, 0.05) is 37.7 Å². The maximum Gasteiger partial charge on any atom is 0.165 e. The van der Waals surface area contributed by atoms with Gasteiger partial charge in [-0.1, -0.05) is 36.4 Å². The fraction of sp³-hybridized carbons (Fsp3) is 0.357. The second kappa shape index (κ2) is 10.6. The smallest absolute Gasteiger partial charge is 0.165 e. The normalized spacial score (nSPS) is 20.0. The molecule has 0 saturated carbocycles. The lowest BCUT2D eigenvalue weighted by Gasteiger charge is -2.26. The minimum atomic E-state index is 0.285. The van der Waals surface area contributed by atoms with Gasteiger partial charge in [0.2, 0.25) is 0 Å². The van der Waals surface area contributed by atoms with Crippen molar-refractivity contribution in [2.45, 2.75) is 12.6 Å². The number of ether oxygens (including phenoxy) is 4. The average Bonchev–Trinajstić information content (AvgIpc) is 3.27. The molecule has 7 nitrogen and oxygen atoms in total. The van der Waals surface area contributed by atoms with E-state index in [1.54, 1.807) is 21.3 Å². The van der Waals surface area contributed by atoms with Gasteiger partial charge in [0.15, 0.2) is 23.0 Å². The molecule has 1 fully saturated rings. The van der Waals surface area contributed by atoms with Crippen LogP contribution >= 0.6 is 0 Å². The number of benzene rings is 3. The van der Waals surface area contributed by atoms with Crippen LogP contribution in [0.5, 0.6) is 23.0 Å². The summed E-state index contributed by atoms with van der Waals surface area (Å²) in [5.74, 6) is 3.45. The molecule has 2 aliphatic rings. The molecule has 0 aliphatic carbocycles. The first-order valence-electron chi connectivity index (χ1n) is 12.0. The molecule has 1 saturated heterocycles. The number of hydrogen-bond acceptors (Lipinski definition) is 7. The lowest BCUT2D eigenvalue weighted by atomic mass is 9.94. The van der Waals surface area contributed by atoms with Gasteiger partial charge in [-0.25, -0.2) is 5.43 Å². The Balaban J connectivity index is 1.41. The molecule has 184 valence electrons. The van der Waals surface area contributed by atoms with Crippen LogP contribution in [0.15, 0.2) is 60.7 Å². The molecule has 7 heteroatoms. The largest absolute Gasteiger partial charge is 0.493 e. The molecule has 5 rings (SSSR count). The standard InChI is InChI=1S/C28H33N3O4/c1-32-24-10-9-20(14-25(24)33-2)21-13-22-17-31(11-12-35-28(22)26(15-21)34-3)18-23-16-29-30-27(23)19-7-5-4-6-8-19/h4-10,13-15,23,27,29-30H,11-12,16-18H2,1-3H3. The molecule has 35 heavy (non-hydrogen) atoms. The molecule has 3 aromatic rings. The van der Waals surface area contributed by atoms with Crippen LogP contribution in [0.25, 0.3) is 11.1 Å². The van der Waals surface area contributed by atoms with Crippen molar-refractivity contribution in [3.8, 4) is 34.1 Å². The van der Waals surface area contributed by atoms with Gasteiger partial charge in [-0.05, 0) is 41.0 Å². The van der Waals surface area contributed by atoms with Gasteiger partial charge in [-0.3, -0.25) is 10.3 Å². The number of methoxy groups -OCH3 is 3. The average molecular weight is 476 g/mol. The van der Waals surface area contributed by atoms with E-state index in [1.165, 1.54) is 5.56 Å². The minimum Gasteiger partial charge on any atom is -0.493 e. The molecular formula is C28H33N3O4. The predicted molar refractivity (Wildman–Crippen MR) is 136 cm³/mol. The number of hydrazine groups is 1. The van der Waals surface area contributed by atoms with Crippen LogP contribution in [0, 0.1) is 5.92 Å². The molecule has 2 atom stereocenters. The van der Waals surface area contributed by atoms with Gasteiger partial charge < -0.3 is 18.9 Å². The van der Waals surface area contributed by atoms with Crippen molar-refractivity contribution in [3.05, 3.63) is 71.8 Å². The molecule has 0 amide bonds. The van der Waals surface area contributed by atoms with Crippen molar-refractivity contribution in [2.24, 2.45) is 5.92 Å². The van der Waals surface area contributed by atoms with Crippen molar-refractivity contribution in [3.63, 3.8) is 0 Å². The van der Waals surface area contributed by atoms with Crippen molar-refractivity contribution >= 4 is 0 Å².